The first kappa shape index (κ1) is 17.7. The summed E-state index contributed by atoms with van der Waals surface area (Å²) in [5.41, 5.74) is 5.19. The number of carbonyl (C=O) groups is 1. The molecule has 146 valence electrons. The summed E-state index contributed by atoms with van der Waals surface area (Å²) in [4.78, 5) is 13.0. The first-order valence-electron chi connectivity index (χ1n) is 10.1. The number of para-hydroxylation sites is 1. The molecule has 5 heteroatoms. The number of amides is 1. The van der Waals surface area contributed by atoms with Crippen LogP contribution in [0.2, 0.25) is 0 Å². The van der Waals surface area contributed by atoms with Crippen molar-refractivity contribution in [3.8, 4) is 0 Å². The van der Waals surface area contributed by atoms with Crippen molar-refractivity contribution >= 4 is 16.9 Å². The molecule has 4 aromatic rings. The number of furan rings is 1. The maximum atomic E-state index is 13.0. The van der Waals surface area contributed by atoms with E-state index in [1.54, 1.807) is 0 Å². The Morgan fingerprint density at radius 2 is 1.97 bits per heavy atom. The first-order valence-corrected chi connectivity index (χ1v) is 10.1. The normalized spacial score (nSPS) is 16.0. The molecule has 0 saturated heterocycles. The van der Waals surface area contributed by atoms with Crippen molar-refractivity contribution in [1.29, 1.82) is 0 Å². The SMILES string of the molecule is Cc1c(C(=O)NC2CCCc3c2cnn3Cc2ccccc2)oc2ccccc12. The molecule has 0 bridgehead atoms. The molecule has 0 aliphatic heterocycles. The highest BCUT2D eigenvalue weighted by Crippen LogP contribution is 2.31. The summed E-state index contributed by atoms with van der Waals surface area (Å²) in [5.74, 6) is 0.238. The number of rotatable bonds is 4. The van der Waals surface area contributed by atoms with Crippen LogP contribution < -0.4 is 5.32 Å². The van der Waals surface area contributed by atoms with Gasteiger partial charge in [-0.3, -0.25) is 9.48 Å². The van der Waals surface area contributed by atoms with Crippen LogP contribution in [0.4, 0.5) is 0 Å². The molecule has 1 N–H and O–H groups in total. The lowest BCUT2D eigenvalue weighted by molar-refractivity contribution is 0.0906. The Labute approximate surface area is 169 Å². The van der Waals surface area contributed by atoms with Gasteiger partial charge in [0.2, 0.25) is 0 Å². The minimum absolute atomic E-state index is 0.0385. The zero-order valence-electron chi connectivity index (χ0n) is 16.4. The summed E-state index contributed by atoms with van der Waals surface area (Å²) in [6, 6.07) is 18.1. The largest absolute Gasteiger partial charge is 0.451 e. The molecule has 1 aliphatic rings. The topological polar surface area (TPSA) is 60.1 Å². The average Bonchev–Trinajstić information content (AvgIpc) is 3.31. The maximum Gasteiger partial charge on any atom is 0.287 e. The molecule has 0 fully saturated rings. The molecule has 29 heavy (non-hydrogen) atoms. The molecular formula is C24H23N3O2. The van der Waals surface area contributed by atoms with Gasteiger partial charge in [-0.2, -0.15) is 5.10 Å². The van der Waals surface area contributed by atoms with Crippen LogP contribution in [0.5, 0.6) is 0 Å². The van der Waals surface area contributed by atoms with Gasteiger partial charge in [0.05, 0.1) is 18.8 Å². The Balaban J connectivity index is 1.39. The molecule has 0 radical (unpaired) electrons. The van der Waals surface area contributed by atoms with Crippen molar-refractivity contribution < 1.29 is 9.21 Å². The second kappa shape index (κ2) is 7.24. The van der Waals surface area contributed by atoms with Crippen LogP contribution in [-0.2, 0) is 13.0 Å². The second-order valence-electron chi connectivity index (χ2n) is 7.66. The number of nitrogens with zero attached hydrogens (tertiary/aromatic N) is 2. The lowest BCUT2D eigenvalue weighted by Gasteiger charge is -2.24. The molecular weight excluding hydrogens is 362 g/mol. The fourth-order valence-corrected chi connectivity index (χ4v) is 4.28. The van der Waals surface area contributed by atoms with Crippen LogP contribution in [0.1, 0.15) is 51.8 Å². The second-order valence-corrected chi connectivity index (χ2v) is 7.66. The first-order chi connectivity index (χ1) is 14.2. The van der Waals surface area contributed by atoms with Gasteiger partial charge in [-0.15, -0.1) is 0 Å². The van der Waals surface area contributed by atoms with Gasteiger partial charge in [-0.1, -0.05) is 48.5 Å². The van der Waals surface area contributed by atoms with Gasteiger partial charge < -0.3 is 9.73 Å². The van der Waals surface area contributed by atoms with E-state index in [4.69, 9.17) is 4.42 Å². The number of aryl methyl sites for hydroxylation is 1. The van der Waals surface area contributed by atoms with Crippen molar-refractivity contribution in [1.82, 2.24) is 15.1 Å². The van der Waals surface area contributed by atoms with Gasteiger partial charge in [0.1, 0.15) is 5.58 Å². The van der Waals surface area contributed by atoms with E-state index in [0.717, 1.165) is 47.9 Å². The van der Waals surface area contributed by atoms with Crippen LogP contribution in [0, 0.1) is 6.92 Å². The maximum absolute atomic E-state index is 13.0. The third-order valence-electron chi connectivity index (χ3n) is 5.79. The van der Waals surface area contributed by atoms with Crippen molar-refractivity contribution in [2.75, 3.05) is 0 Å². The Morgan fingerprint density at radius 3 is 2.79 bits per heavy atom. The highest BCUT2D eigenvalue weighted by atomic mass is 16.3. The van der Waals surface area contributed by atoms with Crippen molar-refractivity contribution in [2.24, 2.45) is 0 Å². The van der Waals surface area contributed by atoms with E-state index in [1.807, 2.05) is 55.6 Å². The van der Waals surface area contributed by atoms with Crippen LogP contribution in [0.15, 0.2) is 65.2 Å². The van der Waals surface area contributed by atoms with Gasteiger partial charge in [0.25, 0.3) is 5.91 Å². The van der Waals surface area contributed by atoms with E-state index in [9.17, 15) is 4.79 Å². The highest BCUT2D eigenvalue weighted by molar-refractivity contribution is 5.99. The highest BCUT2D eigenvalue weighted by Gasteiger charge is 2.27. The molecule has 1 atom stereocenters. The summed E-state index contributed by atoms with van der Waals surface area (Å²) in [6.45, 7) is 2.68. The van der Waals surface area contributed by atoms with E-state index >= 15 is 0 Å². The molecule has 5 nitrogen and oxygen atoms in total. The third-order valence-corrected chi connectivity index (χ3v) is 5.79. The van der Waals surface area contributed by atoms with Crippen molar-refractivity contribution in [3.05, 3.63) is 88.9 Å². The van der Waals surface area contributed by atoms with Crippen LogP contribution in [0.3, 0.4) is 0 Å². The minimum atomic E-state index is -0.160. The fraction of sp³-hybridized carbons (Fsp3) is 0.250. The summed E-state index contributed by atoms with van der Waals surface area (Å²) in [5, 5.41) is 8.79. The molecule has 2 heterocycles. The quantitative estimate of drug-likeness (QED) is 0.549. The van der Waals surface area contributed by atoms with Gasteiger partial charge in [0, 0.05) is 22.2 Å². The minimum Gasteiger partial charge on any atom is -0.451 e. The monoisotopic (exact) mass is 385 g/mol. The van der Waals surface area contributed by atoms with E-state index in [-0.39, 0.29) is 11.9 Å². The summed E-state index contributed by atoms with van der Waals surface area (Å²) < 4.78 is 7.91. The smallest absolute Gasteiger partial charge is 0.287 e. The number of aromatic nitrogens is 2. The Morgan fingerprint density at radius 1 is 1.17 bits per heavy atom. The van der Waals surface area contributed by atoms with Gasteiger partial charge in [-0.25, -0.2) is 0 Å². The Hall–Kier alpha value is -3.34. The van der Waals surface area contributed by atoms with E-state index in [1.165, 1.54) is 11.3 Å². The van der Waals surface area contributed by atoms with Crippen LogP contribution >= 0.6 is 0 Å². The summed E-state index contributed by atoms with van der Waals surface area (Å²) in [6.07, 6.45) is 4.83. The summed E-state index contributed by atoms with van der Waals surface area (Å²) >= 11 is 0. The molecule has 1 amide bonds. The molecule has 2 aromatic carbocycles. The summed E-state index contributed by atoms with van der Waals surface area (Å²) in [7, 11) is 0. The van der Waals surface area contributed by atoms with Crippen LogP contribution in [-0.4, -0.2) is 15.7 Å². The average molecular weight is 385 g/mol. The van der Waals surface area contributed by atoms with Gasteiger partial charge in [0.15, 0.2) is 5.76 Å². The lowest BCUT2D eigenvalue weighted by atomic mass is 9.92. The van der Waals surface area contributed by atoms with Gasteiger partial charge in [-0.05, 0) is 37.8 Å². The van der Waals surface area contributed by atoms with E-state index in [0.29, 0.717) is 5.76 Å². The van der Waals surface area contributed by atoms with E-state index in [2.05, 4.69) is 27.2 Å². The standard InChI is InChI=1S/C24H23N3O2/c1-16-18-10-5-6-13-22(18)29-23(16)24(28)26-20-11-7-12-21-19(20)14-25-27(21)15-17-8-3-2-4-9-17/h2-6,8-10,13-14,20H,7,11-12,15H2,1H3,(H,26,28). The molecule has 0 spiro atoms. The number of hydrogen-bond donors (Lipinski definition) is 1. The molecule has 5 rings (SSSR count). The molecule has 1 aliphatic carbocycles. The fourth-order valence-electron chi connectivity index (χ4n) is 4.28. The zero-order chi connectivity index (χ0) is 19.8. The zero-order valence-corrected chi connectivity index (χ0v) is 16.4. The van der Waals surface area contributed by atoms with Gasteiger partial charge >= 0.3 is 0 Å². The van der Waals surface area contributed by atoms with Crippen molar-refractivity contribution in [3.63, 3.8) is 0 Å². The molecule has 0 saturated carbocycles. The Kier molecular flexibility index (Phi) is 4.43. The predicted octanol–water partition coefficient (Wildman–Crippen LogP) is 4.79. The number of hydrogen-bond acceptors (Lipinski definition) is 3. The number of benzene rings is 2. The Bertz CT molecular complexity index is 1170. The lowest BCUT2D eigenvalue weighted by Crippen LogP contribution is -2.31. The number of carbonyl (C=O) groups excluding carboxylic acids is 1. The van der Waals surface area contributed by atoms with Crippen molar-refractivity contribution in [2.45, 2.75) is 38.8 Å². The molecule has 1 unspecified atom stereocenters. The number of fused-ring (bicyclic) bond motifs is 2. The van der Waals surface area contributed by atoms with E-state index < -0.39 is 0 Å². The number of nitrogens with one attached hydrogen (secondary N) is 1. The predicted molar refractivity (Wildman–Crippen MR) is 112 cm³/mol. The molecule has 2 aromatic heterocycles. The van der Waals surface area contributed by atoms with Crippen LogP contribution in [0.25, 0.3) is 11.0 Å². The third kappa shape index (κ3) is 3.23.